The van der Waals surface area contributed by atoms with Gasteiger partial charge < -0.3 is 80.3 Å². The van der Waals surface area contributed by atoms with Crippen molar-refractivity contribution in [3.8, 4) is 5.75 Å². The molecule has 8 amide bonds. The Morgan fingerprint density at radius 2 is 1.00 bits per heavy atom. The third-order valence-corrected chi connectivity index (χ3v) is 16.8. The van der Waals surface area contributed by atoms with Crippen LogP contribution in [0.25, 0.3) is 0 Å². The Hall–Kier alpha value is -9.32. The van der Waals surface area contributed by atoms with Crippen LogP contribution in [0.2, 0.25) is 0 Å². The molecule has 0 aliphatic carbocycles. The molecule has 0 heterocycles. The molecule has 0 aliphatic heterocycles. The Kier molecular flexibility index (Phi) is 39.9. The maximum atomic E-state index is 14.5. The van der Waals surface area contributed by atoms with Gasteiger partial charge in [0.25, 0.3) is 0 Å². The van der Waals surface area contributed by atoms with Gasteiger partial charge in [-0.05, 0) is 106 Å². The van der Waals surface area contributed by atoms with Crippen LogP contribution in [-0.2, 0) is 91.1 Å². The number of unbranched alkanes of at least 4 members (excludes halogenated alkanes) is 1. The zero-order valence-corrected chi connectivity index (χ0v) is 58.8. The van der Waals surface area contributed by atoms with Crippen molar-refractivity contribution >= 4 is 82.1 Å². The van der Waals surface area contributed by atoms with Crippen molar-refractivity contribution in [2.45, 2.75) is 167 Å². The van der Waals surface area contributed by atoms with Crippen molar-refractivity contribution in [1.82, 2.24) is 31.9 Å². The second kappa shape index (κ2) is 46.9. The molecule has 556 valence electrons. The summed E-state index contributed by atoms with van der Waals surface area (Å²) in [7, 11) is 1.50. The third kappa shape index (κ3) is 35.0. The molecule has 0 aliphatic rings. The highest BCUT2D eigenvalue weighted by Gasteiger charge is 2.37. The molecule has 0 saturated heterocycles. The highest BCUT2D eigenvalue weighted by atomic mass is 16.5. The standard InChI is InChI=1S/C72H106N12O17/c1-6-100-30-31-101-29-26-65(94)79-27-14-13-20-57(82-70(98)52(41-63(74)92)38-59(88)56(73)35-48-22-24-54(86)25-23-48)61(90)39-53(42-64(75)93)71(99)84-66(45(4)85)62(91)40-51(34-47-18-11-8-12-19-47)68(96)81-43-55(87)36-50(32-44(2)3)69(97)83-58(21-15-28-80-72(77)78-5)60(89)37-49(67(76)95)33-46-16-9-7-10-17-46/h7-12,16-19,22-25,44-45,49-53,56-58,66,85-86H,6,13-15,20-21,26-43,73H2,1-5H3,(H2,74,92)(H2,75,93)(H2,76,95)(H,79,94)(H,81,96)(H,82,98)(H,83,97)(H,84,99)(H3,77,78,80)/t45?,49-,50-,51-,52+,53+,56+,57+,58+,66+/m1/s1. The van der Waals surface area contributed by atoms with Gasteiger partial charge in [0.2, 0.25) is 47.3 Å². The van der Waals surface area contributed by atoms with Crippen LogP contribution in [0.4, 0.5) is 0 Å². The van der Waals surface area contributed by atoms with Gasteiger partial charge >= 0.3 is 0 Å². The minimum atomic E-state index is -1.77. The Balaban J connectivity index is 1.86. The van der Waals surface area contributed by atoms with Crippen LogP contribution in [0.3, 0.4) is 0 Å². The number of nitrogens with one attached hydrogen (secondary N) is 6. The van der Waals surface area contributed by atoms with E-state index in [1.807, 2.05) is 26.8 Å². The SMILES string of the molecule is CCOCCOCCC(=O)NCCCC[C@H](NC(=O)[C@H](CC(N)=O)CC(=O)[C@@H](N)Cc1ccc(O)cc1)C(=O)C[C@@H](CC(N)=O)C(=O)N[C@H](C(=O)C[C@@H](Cc1ccccc1)C(=O)NCC(=O)C[C@@H](CC(C)C)C(=O)N[C@@H](CCCNC(N)=NC)C(=O)C[C@@H](Cc1ccccc1)C(N)=O)C(C)O. The molecule has 29 heteroatoms. The fraction of sp³-hybridized carbons (Fsp3) is 0.556. The van der Waals surface area contributed by atoms with Crippen molar-refractivity contribution < 1.29 is 82.0 Å². The van der Waals surface area contributed by atoms with Gasteiger partial charge in [0.15, 0.2) is 34.9 Å². The molecule has 1 unspecified atom stereocenters. The first-order chi connectivity index (χ1) is 48.0. The molecule has 3 aromatic carbocycles. The van der Waals surface area contributed by atoms with Crippen LogP contribution in [-0.4, -0.2) is 176 Å². The Morgan fingerprint density at radius 1 is 0.505 bits per heavy atom. The molecule has 3 rings (SSSR count). The summed E-state index contributed by atoms with van der Waals surface area (Å²) in [5.41, 5.74) is 30.9. The largest absolute Gasteiger partial charge is 0.508 e. The molecule has 0 radical (unpaired) electrons. The van der Waals surface area contributed by atoms with Gasteiger partial charge in [0, 0.05) is 95.9 Å². The summed E-state index contributed by atoms with van der Waals surface area (Å²) in [5.74, 6) is -16.0. The van der Waals surface area contributed by atoms with Gasteiger partial charge in [-0.2, -0.15) is 0 Å². The Labute approximate surface area is 590 Å². The lowest BCUT2D eigenvalue weighted by atomic mass is 9.88. The number of rotatable bonds is 53. The maximum Gasteiger partial charge on any atom is 0.224 e. The first-order valence-electron chi connectivity index (χ1n) is 34.3. The van der Waals surface area contributed by atoms with Crippen molar-refractivity contribution in [2.75, 3.05) is 53.1 Å². The lowest BCUT2D eigenvalue weighted by Crippen LogP contribution is -2.52. The third-order valence-electron chi connectivity index (χ3n) is 16.8. The summed E-state index contributed by atoms with van der Waals surface area (Å²) >= 11 is 0. The van der Waals surface area contributed by atoms with Crippen molar-refractivity contribution in [3.05, 3.63) is 102 Å². The number of carbonyl (C=O) groups excluding carboxylic acids is 13. The number of benzene rings is 3. The number of aromatic hydroxyl groups is 1. The molecule has 0 fully saturated rings. The van der Waals surface area contributed by atoms with Gasteiger partial charge in [-0.25, -0.2) is 0 Å². The minimum absolute atomic E-state index is 0.00584. The number of aliphatic hydroxyl groups is 1. The normalized spacial score (nSPS) is 14.4. The summed E-state index contributed by atoms with van der Waals surface area (Å²) in [6, 6.07) is 17.9. The summed E-state index contributed by atoms with van der Waals surface area (Å²) in [5, 5.41) is 37.0. The number of hydrogen-bond donors (Lipinski definition) is 13. The molecule has 3 aromatic rings. The van der Waals surface area contributed by atoms with Gasteiger partial charge in [-0.3, -0.25) is 67.3 Å². The molecule has 0 saturated carbocycles. The zero-order valence-electron chi connectivity index (χ0n) is 58.8. The first-order valence-corrected chi connectivity index (χ1v) is 34.3. The number of carbonyl (C=O) groups is 13. The fourth-order valence-corrected chi connectivity index (χ4v) is 11.3. The predicted octanol–water partition coefficient (Wildman–Crippen LogP) is 0.902. The van der Waals surface area contributed by atoms with Crippen LogP contribution in [0.1, 0.15) is 134 Å². The molecule has 0 spiro atoms. The quantitative estimate of drug-likeness (QED) is 0.0212. The molecular formula is C72H106N12O17. The zero-order chi connectivity index (χ0) is 75.0. The number of phenols is 1. The van der Waals surface area contributed by atoms with Crippen LogP contribution in [0, 0.1) is 35.5 Å². The predicted molar refractivity (Wildman–Crippen MR) is 376 cm³/mol. The average molecular weight is 1410 g/mol. The van der Waals surface area contributed by atoms with E-state index < -0.39 is 169 Å². The summed E-state index contributed by atoms with van der Waals surface area (Å²) in [6.07, 6.45) is -4.64. The number of ether oxygens (including phenoxy) is 2. The molecule has 0 bridgehead atoms. The number of hydrogen-bond acceptors (Lipinski definition) is 19. The first kappa shape index (κ1) is 85.9. The van der Waals surface area contributed by atoms with Crippen LogP contribution in [0.15, 0.2) is 89.9 Å². The van der Waals surface area contributed by atoms with E-state index in [1.54, 1.807) is 66.7 Å². The van der Waals surface area contributed by atoms with Gasteiger partial charge in [-0.15, -0.1) is 0 Å². The average Bonchev–Trinajstić information content (AvgIpc) is 1.02. The van der Waals surface area contributed by atoms with Crippen molar-refractivity contribution in [3.63, 3.8) is 0 Å². The maximum absolute atomic E-state index is 14.5. The molecule has 10 atom stereocenters. The van der Waals surface area contributed by atoms with Crippen LogP contribution in [0.5, 0.6) is 5.75 Å². The topological polar surface area (TPSA) is 495 Å². The smallest absolute Gasteiger partial charge is 0.224 e. The Bertz CT molecular complexity index is 3210. The van der Waals surface area contributed by atoms with E-state index in [0.717, 1.165) is 5.56 Å². The summed E-state index contributed by atoms with van der Waals surface area (Å²) in [4.78, 5) is 182. The molecular weight excluding hydrogens is 1300 g/mol. The molecule has 29 nitrogen and oxygen atoms in total. The number of amides is 8. The fourth-order valence-electron chi connectivity index (χ4n) is 11.3. The number of phenolic OH excluding ortho intramolecular Hbond substituents is 1. The highest BCUT2D eigenvalue weighted by Crippen LogP contribution is 2.23. The van der Waals surface area contributed by atoms with E-state index in [2.05, 4.69) is 36.9 Å². The van der Waals surface area contributed by atoms with Crippen molar-refractivity contribution in [1.29, 1.82) is 0 Å². The summed E-state index contributed by atoms with van der Waals surface area (Å²) < 4.78 is 10.6. The van der Waals surface area contributed by atoms with Gasteiger partial charge in [-0.1, -0.05) is 86.6 Å². The monoisotopic (exact) mass is 1410 g/mol. The number of Topliss-reactive ketones (excluding diaryl/α,β-unsaturated/α-hetero) is 5. The minimum Gasteiger partial charge on any atom is -0.508 e. The lowest BCUT2D eigenvalue weighted by Gasteiger charge is -2.26. The van der Waals surface area contributed by atoms with E-state index >= 15 is 0 Å². The lowest BCUT2D eigenvalue weighted by molar-refractivity contribution is -0.138. The summed E-state index contributed by atoms with van der Waals surface area (Å²) in [6.45, 7) is 7.83. The Morgan fingerprint density at radius 3 is 1.53 bits per heavy atom. The molecule has 0 aromatic heterocycles. The van der Waals surface area contributed by atoms with Crippen LogP contribution < -0.4 is 60.6 Å². The van der Waals surface area contributed by atoms with E-state index in [9.17, 15) is 72.5 Å². The van der Waals surface area contributed by atoms with E-state index in [-0.39, 0.29) is 114 Å². The molecule has 101 heavy (non-hydrogen) atoms. The molecule has 18 N–H and O–H groups in total. The number of aliphatic hydroxyl groups excluding tert-OH is 1. The second-order valence-electron chi connectivity index (χ2n) is 25.8. The number of primary amides is 3. The van der Waals surface area contributed by atoms with Gasteiger partial charge in [0.05, 0.1) is 62.4 Å². The van der Waals surface area contributed by atoms with E-state index in [0.29, 0.717) is 37.4 Å². The number of aliphatic imine (C=N–C) groups is 1. The second-order valence-corrected chi connectivity index (χ2v) is 25.8. The highest BCUT2D eigenvalue weighted by molar-refractivity contribution is 5.99. The number of nitrogens with two attached hydrogens (primary N) is 5. The van der Waals surface area contributed by atoms with Gasteiger partial charge in [0.1, 0.15) is 11.8 Å². The van der Waals surface area contributed by atoms with Crippen molar-refractivity contribution in [2.24, 2.45) is 69.2 Å². The number of nitrogens with zero attached hydrogens (tertiary/aromatic N) is 1. The van der Waals surface area contributed by atoms with Crippen LogP contribution >= 0.6 is 0 Å². The van der Waals surface area contributed by atoms with E-state index in [4.69, 9.17) is 38.1 Å². The van der Waals surface area contributed by atoms with E-state index in [1.165, 1.54) is 26.1 Å². The number of ketones is 5. The number of guanidine groups is 1.